The molecule has 1 amide bonds. The summed E-state index contributed by atoms with van der Waals surface area (Å²) in [5, 5.41) is 0. The van der Waals surface area contributed by atoms with Crippen LogP contribution in [0.3, 0.4) is 0 Å². The van der Waals surface area contributed by atoms with E-state index in [1.807, 2.05) is 18.2 Å². The van der Waals surface area contributed by atoms with Crippen molar-refractivity contribution in [3.63, 3.8) is 0 Å². The van der Waals surface area contributed by atoms with Gasteiger partial charge in [0.2, 0.25) is 0 Å². The highest BCUT2D eigenvalue weighted by atomic mass is 16.5. The Hall–Kier alpha value is -2.67. The highest BCUT2D eigenvalue weighted by molar-refractivity contribution is 5.83. The van der Waals surface area contributed by atoms with Crippen LogP contribution in [-0.2, 0) is 16.0 Å². The van der Waals surface area contributed by atoms with E-state index in [1.165, 1.54) is 12.7 Å². The summed E-state index contributed by atoms with van der Waals surface area (Å²) in [7, 11) is 1.53. The number of fused-ring (bicyclic) bond motifs is 1. The number of hydrogen-bond donors (Lipinski definition) is 0. The van der Waals surface area contributed by atoms with Gasteiger partial charge in [-0.15, -0.1) is 0 Å². The van der Waals surface area contributed by atoms with Crippen molar-refractivity contribution in [1.29, 1.82) is 0 Å². The van der Waals surface area contributed by atoms with Crippen LogP contribution in [0.25, 0.3) is 0 Å². The van der Waals surface area contributed by atoms with Crippen molar-refractivity contribution in [2.45, 2.75) is 25.0 Å². The maximum atomic E-state index is 13.0. The second-order valence-corrected chi connectivity index (χ2v) is 6.38. The Morgan fingerprint density at radius 2 is 2.04 bits per heavy atom. The van der Waals surface area contributed by atoms with E-state index in [0.717, 1.165) is 18.4 Å². The van der Waals surface area contributed by atoms with Gasteiger partial charge in [-0.1, -0.05) is 24.3 Å². The number of likely N-dealkylation sites (tertiary alicyclic amines) is 1. The van der Waals surface area contributed by atoms with Crippen molar-refractivity contribution in [2.24, 2.45) is 0 Å². The average molecular weight is 355 g/mol. The molecule has 1 fully saturated rings. The number of nitrogens with zero attached hydrogens (tertiary/aromatic N) is 3. The summed E-state index contributed by atoms with van der Waals surface area (Å²) in [5.41, 5.74) is 2.16. The van der Waals surface area contributed by atoms with Crippen LogP contribution in [0.15, 0.2) is 36.7 Å². The molecule has 0 N–H and O–H groups in total. The summed E-state index contributed by atoms with van der Waals surface area (Å²) in [5.74, 6) is 0.699. The van der Waals surface area contributed by atoms with E-state index in [4.69, 9.17) is 14.2 Å². The topological polar surface area (TPSA) is 73.8 Å². The molecule has 0 bridgehead atoms. The van der Waals surface area contributed by atoms with Crippen molar-refractivity contribution in [3.05, 3.63) is 47.8 Å². The SMILES string of the molecule is COc1nccnc1OC1CCN(C(=O)C2OCCc3ccccc32)C1. The molecule has 26 heavy (non-hydrogen) atoms. The molecule has 0 aliphatic carbocycles. The zero-order valence-electron chi connectivity index (χ0n) is 14.6. The third-order valence-corrected chi connectivity index (χ3v) is 4.78. The molecule has 0 radical (unpaired) electrons. The normalized spacial score (nSPS) is 22.0. The molecule has 7 nitrogen and oxygen atoms in total. The molecular weight excluding hydrogens is 334 g/mol. The van der Waals surface area contributed by atoms with E-state index in [-0.39, 0.29) is 12.0 Å². The number of aromatic nitrogens is 2. The Morgan fingerprint density at radius 1 is 1.23 bits per heavy atom. The Labute approximate surface area is 151 Å². The molecule has 3 heterocycles. The van der Waals surface area contributed by atoms with E-state index < -0.39 is 6.10 Å². The molecule has 1 saturated heterocycles. The molecule has 0 saturated carbocycles. The highest BCUT2D eigenvalue weighted by Crippen LogP contribution is 2.30. The Morgan fingerprint density at radius 3 is 2.88 bits per heavy atom. The van der Waals surface area contributed by atoms with Crippen LogP contribution >= 0.6 is 0 Å². The first-order chi connectivity index (χ1) is 12.8. The fourth-order valence-electron chi connectivity index (χ4n) is 3.48. The van der Waals surface area contributed by atoms with Gasteiger partial charge in [0.25, 0.3) is 17.7 Å². The Balaban J connectivity index is 1.44. The maximum Gasteiger partial charge on any atom is 0.278 e. The van der Waals surface area contributed by atoms with Crippen LogP contribution < -0.4 is 9.47 Å². The fourth-order valence-corrected chi connectivity index (χ4v) is 3.48. The zero-order valence-corrected chi connectivity index (χ0v) is 14.6. The summed E-state index contributed by atoms with van der Waals surface area (Å²) in [6, 6.07) is 7.99. The van der Waals surface area contributed by atoms with E-state index in [1.54, 1.807) is 17.3 Å². The van der Waals surface area contributed by atoms with Gasteiger partial charge < -0.3 is 19.1 Å². The Kier molecular flexibility index (Phi) is 4.71. The van der Waals surface area contributed by atoms with Crippen molar-refractivity contribution in [3.8, 4) is 11.8 Å². The lowest BCUT2D eigenvalue weighted by Crippen LogP contribution is -2.37. The lowest BCUT2D eigenvalue weighted by Gasteiger charge is -2.28. The molecule has 2 aromatic rings. The standard InChI is InChI=1S/C19H21N3O4/c1-24-17-18(21-9-8-20-17)26-14-6-10-22(12-14)19(23)16-15-5-3-2-4-13(15)7-11-25-16/h2-5,8-9,14,16H,6-7,10-12H2,1H3. The van der Waals surface area contributed by atoms with Crippen LogP contribution in [0.2, 0.25) is 0 Å². The minimum atomic E-state index is -0.523. The first-order valence-electron chi connectivity index (χ1n) is 8.76. The van der Waals surface area contributed by atoms with Gasteiger partial charge in [-0.2, -0.15) is 0 Å². The molecule has 7 heteroatoms. The molecule has 0 spiro atoms. The third kappa shape index (κ3) is 3.22. The van der Waals surface area contributed by atoms with Crippen LogP contribution in [0.4, 0.5) is 0 Å². The molecule has 4 rings (SSSR count). The van der Waals surface area contributed by atoms with Gasteiger partial charge >= 0.3 is 0 Å². The third-order valence-electron chi connectivity index (χ3n) is 4.78. The summed E-state index contributed by atoms with van der Waals surface area (Å²) in [6.07, 6.45) is 4.03. The molecule has 1 aromatic heterocycles. The number of methoxy groups -OCH3 is 1. The highest BCUT2D eigenvalue weighted by Gasteiger charge is 2.35. The smallest absolute Gasteiger partial charge is 0.278 e. The minimum absolute atomic E-state index is 0.00522. The largest absolute Gasteiger partial charge is 0.477 e. The lowest BCUT2D eigenvalue weighted by atomic mass is 9.97. The minimum Gasteiger partial charge on any atom is -0.477 e. The summed E-state index contributed by atoms with van der Waals surface area (Å²) >= 11 is 0. The van der Waals surface area contributed by atoms with Crippen molar-refractivity contribution in [2.75, 3.05) is 26.8 Å². The number of hydrogen-bond acceptors (Lipinski definition) is 6. The Bertz CT molecular complexity index is 798. The van der Waals surface area contributed by atoms with Gasteiger partial charge in [0.1, 0.15) is 6.10 Å². The number of amides is 1. The van der Waals surface area contributed by atoms with E-state index in [9.17, 15) is 4.79 Å². The molecule has 2 aliphatic heterocycles. The average Bonchev–Trinajstić information content (AvgIpc) is 3.16. The van der Waals surface area contributed by atoms with Crippen LogP contribution in [0.5, 0.6) is 11.8 Å². The van der Waals surface area contributed by atoms with Crippen LogP contribution in [-0.4, -0.2) is 53.7 Å². The van der Waals surface area contributed by atoms with Gasteiger partial charge in [-0.25, -0.2) is 9.97 Å². The number of ether oxygens (including phenoxy) is 3. The molecule has 2 unspecified atom stereocenters. The summed E-state index contributed by atoms with van der Waals surface area (Å²) < 4.78 is 16.9. The predicted octanol–water partition coefficient (Wildman–Crippen LogP) is 1.78. The van der Waals surface area contributed by atoms with Gasteiger partial charge in [0, 0.05) is 25.4 Å². The first-order valence-corrected chi connectivity index (χ1v) is 8.76. The molecule has 136 valence electrons. The van der Waals surface area contributed by atoms with E-state index in [0.29, 0.717) is 31.5 Å². The number of carbonyl (C=O) groups excluding carboxylic acids is 1. The van der Waals surface area contributed by atoms with E-state index >= 15 is 0 Å². The van der Waals surface area contributed by atoms with Crippen molar-refractivity contribution < 1.29 is 19.0 Å². The first kappa shape index (κ1) is 16.8. The fraction of sp³-hybridized carbons (Fsp3) is 0.421. The molecule has 2 atom stereocenters. The van der Waals surface area contributed by atoms with Gasteiger partial charge in [-0.3, -0.25) is 4.79 Å². The second-order valence-electron chi connectivity index (χ2n) is 6.38. The van der Waals surface area contributed by atoms with Gasteiger partial charge in [-0.05, 0) is 17.5 Å². The zero-order chi connectivity index (χ0) is 17.9. The summed E-state index contributed by atoms with van der Waals surface area (Å²) in [6.45, 7) is 1.70. The van der Waals surface area contributed by atoms with Crippen LogP contribution in [0.1, 0.15) is 23.7 Å². The molecular formula is C19H21N3O4. The van der Waals surface area contributed by atoms with Crippen LogP contribution in [0, 0.1) is 0 Å². The maximum absolute atomic E-state index is 13.0. The molecule has 2 aliphatic rings. The number of rotatable bonds is 4. The van der Waals surface area contributed by atoms with Gasteiger partial charge in [0.15, 0.2) is 6.10 Å². The van der Waals surface area contributed by atoms with Gasteiger partial charge in [0.05, 0.1) is 20.3 Å². The quantitative estimate of drug-likeness (QED) is 0.832. The van der Waals surface area contributed by atoms with E-state index in [2.05, 4.69) is 16.0 Å². The number of benzene rings is 1. The lowest BCUT2D eigenvalue weighted by molar-refractivity contribution is -0.144. The summed E-state index contributed by atoms with van der Waals surface area (Å²) in [4.78, 5) is 23.0. The number of carbonyl (C=O) groups is 1. The van der Waals surface area contributed by atoms with Crippen molar-refractivity contribution >= 4 is 5.91 Å². The molecule has 1 aromatic carbocycles. The monoisotopic (exact) mass is 355 g/mol. The predicted molar refractivity (Wildman–Crippen MR) is 93.0 cm³/mol. The van der Waals surface area contributed by atoms with Crippen molar-refractivity contribution in [1.82, 2.24) is 14.9 Å². The second kappa shape index (κ2) is 7.29.